The second-order valence-corrected chi connectivity index (χ2v) is 4.68. The topological polar surface area (TPSA) is 72.2 Å². The molecule has 102 valence electrons. The van der Waals surface area contributed by atoms with Crippen LogP contribution in [0.5, 0.6) is 0 Å². The van der Waals surface area contributed by atoms with Crippen molar-refractivity contribution in [2.75, 3.05) is 0 Å². The molecule has 20 heavy (non-hydrogen) atoms. The Morgan fingerprint density at radius 3 is 1.95 bits per heavy atom. The van der Waals surface area contributed by atoms with Gasteiger partial charge in [0, 0.05) is 5.56 Å². The number of nitrogens with two attached hydrogens (primary N) is 1. The molecule has 1 atom stereocenters. The van der Waals surface area contributed by atoms with Crippen LogP contribution in [0.15, 0.2) is 60.7 Å². The molecule has 0 aliphatic rings. The molecule has 2 amide bonds. The largest absolute Gasteiger partial charge is 0.367 e. The van der Waals surface area contributed by atoms with Gasteiger partial charge in [-0.25, -0.2) is 0 Å². The Morgan fingerprint density at radius 1 is 0.950 bits per heavy atom. The maximum absolute atomic E-state index is 12.2. The third-order valence-electron chi connectivity index (χ3n) is 3.24. The van der Waals surface area contributed by atoms with Gasteiger partial charge in [0.1, 0.15) is 5.54 Å². The Morgan fingerprint density at radius 2 is 1.45 bits per heavy atom. The molecule has 0 spiro atoms. The Bertz CT molecular complexity index is 611. The van der Waals surface area contributed by atoms with Crippen LogP contribution in [0.2, 0.25) is 0 Å². The Labute approximate surface area is 117 Å². The van der Waals surface area contributed by atoms with Crippen molar-refractivity contribution in [3.05, 3.63) is 71.8 Å². The molecule has 0 saturated heterocycles. The molecule has 2 aromatic carbocycles. The summed E-state index contributed by atoms with van der Waals surface area (Å²) in [6.07, 6.45) is 0. The van der Waals surface area contributed by atoms with Crippen LogP contribution in [0, 0.1) is 0 Å². The van der Waals surface area contributed by atoms with Gasteiger partial charge in [-0.3, -0.25) is 9.59 Å². The standard InChI is InChI=1S/C16H16N2O2/c1-16(15(17)20,13-10-6-3-7-11-13)18-14(19)12-8-4-2-5-9-12/h2-11H,1H3,(H2,17,20)(H,18,19). The number of amides is 2. The maximum Gasteiger partial charge on any atom is 0.252 e. The molecule has 2 rings (SSSR count). The van der Waals surface area contributed by atoms with Gasteiger partial charge in [-0.1, -0.05) is 48.5 Å². The minimum Gasteiger partial charge on any atom is -0.367 e. The quantitative estimate of drug-likeness (QED) is 0.887. The molecule has 0 bridgehead atoms. The van der Waals surface area contributed by atoms with Crippen LogP contribution in [0.3, 0.4) is 0 Å². The number of benzene rings is 2. The zero-order valence-electron chi connectivity index (χ0n) is 11.2. The zero-order chi connectivity index (χ0) is 14.6. The molecule has 4 nitrogen and oxygen atoms in total. The summed E-state index contributed by atoms with van der Waals surface area (Å²) in [7, 11) is 0. The van der Waals surface area contributed by atoms with E-state index in [1.807, 2.05) is 12.1 Å². The zero-order valence-corrected chi connectivity index (χ0v) is 11.2. The van der Waals surface area contributed by atoms with Crippen LogP contribution in [-0.2, 0) is 10.3 Å². The maximum atomic E-state index is 12.2. The van der Waals surface area contributed by atoms with Crippen LogP contribution in [0.25, 0.3) is 0 Å². The normalized spacial score (nSPS) is 13.2. The lowest BCUT2D eigenvalue weighted by atomic mass is 9.91. The van der Waals surface area contributed by atoms with Crippen molar-refractivity contribution in [1.82, 2.24) is 5.32 Å². The fraction of sp³-hybridized carbons (Fsp3) is 0.125. The summed E-state index contributed by atoms with van der Waals surface area (Å²) in [5.74, 6) is -0.941. The average molecular weight is 268 g/mol. The van der Waals surface area contributed by atoms with E-state index in [4.69, 9.17) is 5.73 Å². The summed E-state index contributed by atoms with van der Waals surface area (Å²) in [4.78, 5) is 24.0. The third kappa shape index (κ3) is 2.69. The predicted octanol–water partition coefficient (Wildman–Crippen LogP) is 1.82. The number of rotatable bonds is 4. The lowest BCUT2D eigenvalue weighted by Crippen LogP contribution is -2.52. The van der Waals surface area contributed by atoms with E-state index >= 15 is 0 Å². The van der Waals surface area contributed by atoms with Crippen molar-refractivity contribution >= 4 is 11.8 Å². The highest BCUT2D eigenvalue weighted by Crippen LogP contribution is 2.20. The first kappa shape index (κ1) is 13.8. The van der Waals surface area contributed by atoms with Gasteiger partial charge in [0.15, 0.2) is 0 Å². The first-order valence-electron chi connectivity index (χ1n) is 6.27. The lowest BCUT2D eigenvalue weighted by Gasteiger charge is -2.28. The second kappa shape index (κ2) is 5.57. The first-order chi connectivity index (χ1) is 9.54. The highest BCUT2D eigenvalue weighted by Gasteiger charge is 2.34. The predicted molar refractivity (Wildman–Crippen MR) is 76.9 cm³/mol. The Kier molecular flexibility index (Phi) is 3.84. The van der Waals surface area contributed by atoms with E-state index in [9.17, 15) is 9.59 Å². The molecule has 0 heterocycles. The van der Waals surface area contributed by atoms with Gasteiger partial charge in [-0.2, -0.15) is 0 Å². The monoisotopic (exact) mass is 268 g/mol. The molecule has 0 aromatic heterocycles. The van der Waals surface area contributed by atoms with Gasteiger partial charge in [-0.15, -0.1) is 0 Å². The van der Waals surface area contributed by atoms with Crippen molar-refractivity contribution in [2.45, 2.75) is 12.5 Å². The number of hydrogen-bond acceptors (Lipinski definition) is 2. The number of hydrogen-bond donors (Lipinski definition) is 2. The summed E-state index contributed by atoms with van der Waals surface area (Å²) in [6, 6.07) is 17.7. The fourth-order valence-electron chi connectivity index (χ4n) is 1.94. The number of nitrogens with one attached hydrogen (secondary N) is 1. The van der Waals surface area contributed by atoms with Gasteiger partial charge in [0.2, 0.25) is 5.91 Å². The van der Waals surface area contributed by atoms with Crippen molar-refractivity contribution in [3.8, 4) is 0 Å². The molecular weight excluding hydrogens is 252 g/mol. The molecular formula is C16H16N2O2. The molecule has 0 aliphatic heterocycles. The number of primary amides is 1. The summed E-state index contributed by atoms with van der Waals surface area (Å²) < 4.78 is 0. The van der Waals surface area contributed by atoms with Crippen LogP contribution in [-0.4, -0.2) is 11.8 Å². The summed E-state index contributed by atoms with van der Waals surface area (Å²) in [5.41, 5.74) is 5.37. The molecule has 2 aromatic rings. The second-order valence-electron chi connectivity index (χ2n) is 4.68. The molecule has 0 radical (unpaired) electrons. The number of carbonyl (C=O) groups excluding carboxylic acids is 2. The van der Waals surface area contributed by atoms with Gasteiger partial charge in [0.05, 0.1) is 0 Å². The average Bonchev–Trinajstić information content (AvgIpc) is 2.48. The minimum absolute atomic E-state index is 0.337. The first-order valence-corrected chi connectivity index (χ1v) is 6.27. The number of carbonyl (C=O) groups is 2. The van der Waals surface area contributed by atoms with Gasteiger partial charge in [-0.05, 0) is 24.6 Å². The summed E-state index contributed by atoms with van der Waals surface area (Å²) >= 11 is 0. The fourth-order valence-corrected chi connectivity index (χ4v) is 1.94. The molecule has 3 N–H and O–H groups in total. The minimum atomic E-state index is -1.24. The van der Waals surface area contributed by atoms with E-state index in [-0.39, 0.29) is 5.91 Å². The van der Waals surface area contributed by atoms with Crippen molar-refractivity contribution in [3.63, 3.8) is 0 Å². The van der Waals surface area contributed by atoms with E-state index in [0.29, 0.717) is 11.1 Å². The van der Waals surface area contributed by atoms with Crippen LogP contribution >= 0.6 is 0 Å². The third-order valence-corrected chi connectivity index (χ3v) is 3.24. The Balaban J connectivity index is 2.32. The molecule has 0 fully saturated rings. The van der Waals surface area contributed by atoms with Gasteiger partial charge < -0.3 is 11.1 Å². The molecule has 4 heteroatoms. The van der Waals surface area contributed by atoms with Crippen LogP contribution in [0.4, 0.5) is 0 Å². The molecule has 0 aliphatic carbocycles. The molecule has 1 unspecified atom stereocenters. The molecule has 0 saturated carbocycles. The summed E-state index contributed by atoms with van der Waals surface area (Å²) in [5, 5.41) is 2.71. The van der Waals surface area contributed by atoms with Crippen LogP contribution < -0.4 is 11.1 Å². The van der Waals surface area contributed by atoms with Gasteiger partial charge in [0.25, 0.3) is 5.91 Å². The highest BCUT2D eigenvalue weighted by molar-refractivity contribution is 5.99. The van der Waals surface area contributed by atoms with E-state index in [1.54, 1.807) is 55.5 Å². The Hall–Kier alpha value is -2.62. The van der Waals surface area contributed by atoms with Crippen molar-refractivity contribution in [1.29, 1.82) is 0 Å². The summed E-state index contributed by atoms with van der Waals surface area (Å²) in [6.45, 7) is 1.60. The smallest absolute Gasteiger partial charge is 0.252 e. The van der Waals surface area contributed by atoms with Crippen LogP contribution in [0.1, 0.15) is 22.8 Å². The van der Waals surface area contributed by atoms with Gasteiger partial charge >= 0.3 is 0 Å². The van der Waals surface area contributed by atoms with E-state index < -0.39 is 11.4 Å². The van der Waals surface area contributed by atoms with E-state index in [1.165, 1.54) is 0 Å². The van der Waals surface area contributed by atoms with Crippen molar-refractivity contribution in [2.24, 2.45) is 5.73 Å². The SMILES string of the molecule is CC(NC(=O)c1ccccc1)(C(N)=O)c1ccccc1. The van der Waals surface area contributed by atoms with E-state index in [0.717, 1.165) is 0 Å². The van der Waals surface area contributed by atoms with Crippen molar-refractivity contribution < 1.29 is 9.59 Å². The lowest BCUT2D eigenvalue weighted by molar-refractivity contribution is -0.123. The van der Waals surface area contributed by atoms with E-state index in [2.05, 4.69) is 5.32 Å². The highest BCUT2D eigenvalue weighted by atomic mass is 16.2.